The molecule has 2 N–H and O–H groups in total. The SMILES string of the molecule is COc1ccc(S(=O)(=O)Nc2ccccc2NS(=O)(=O)c2cccs2)c([N+](=O)[O-])c1. The maximum Gasteiger partial charge on any atom is 0.293 e. The number of ether oxygens (including phenoxy) is 1. The molecule has 0 aliphatic carbocycles. The molecule has 0 bridgehead atoms. The Morgan fingerprint density at radius 3 is 2.10 bits per heavy atom. The third-order valence-electron chi connectivity index (χ3n) is 3.83. The van der Waals surface area contributed by atoms with Crippen molar-refractivity contribution >= 4 is 48.4 Å². The van der Waals surface area contributed by atoms with Gasteiger partial charge in [0.05, 0.1) is 29.5 Å². The molecular formula is C17H15N3O7S3. The lowest BCUT2D eigenvalue weighted by molar-refractivity contribution is -0.387. The number of hydrogen-bond acceptors (Lipinski definition) is 8. The molecule has 0 amide bonds. The van der Waals surface area contributed by atoms with E-state index in [1.165, 1.54) is 43.5 Å². The Hall–Kier alpha value is -3.16. The zero-order valence-electron chi connectivity index (χ0n) is 15.3. The largest absolute Gasteiger partial charge is 0.497 e. The van der Waals surface area contributed by atoms with E-state index in [9.17, 15) is 26.9 Å². The standard InChI is InChI=1S/C17H15N3O7S3/c1-27-12-8-9-16(15(11-12)20(21)22)29(23,24)18-13-5-2-3-6-14(13)19-30(25,26)17-7-4-10-28-17/h2-11,18-19H,1H3. The van der Waals surface area contributed by atoms with E-state index in [2.05, 4.69) is 9.44 Å². The van der Waals surface area contributed by atoms with Crippen molar-refractivity contribution in [2.24, 2.45) is 0 Å². The molecule has 2 aromatic carbocycles. The molecule has 0 aliphatic heterocycles. The van der Waals surface area contributed by atoms with Gasteiger partial charge in [0.15, 0.2) is 4.90 Å². The first-order valence-corrected chi connectivity index (χ1v) is 12.0. The fourth-order valence-electron chi connectivity index (χ4n) is 2.47. The molecule has 0 atom stereocenters. The van der Waals surface area contributed by atoms with Crippen molar-refractivity contribution in [3.05, 3.63) is 70.1 Å². The molecule has 158 valence electrons. The normalized spacial score (nSPS) is 11.6. The zero-order valence-corrected chi connectivity index (χ0v) is 17.8. The molecule has 13 heteroatoms. The highest BCUT2D eigenvalue weighted by molar-refractivity contribution is 7.94. The smallest absolute Gasteiger partial charge is 0.293 e. The summed E-state index contributed by atoms with van der Waals surface area (Å²) in [5.74, 6) is 0.116. The second kappa shape index (κ2) is 8.30. The topological polar surface area (TPSA) is 145 Å². The molecule has 0 radical (unpaired) electrons. The van der Waals surface area contributed by atoms with Crippen molar-refractivity contribution in [2.45, 2.75) is 9.10 Å². The van der Waals surface area contributed by atoms with Gasteiger partial charge in [-0.15, -0.1) is 11.3 Å². The van der Waals surface area contributed by atoms with E-state index in [0.29, 0.717) is 0 Å². The van der Waals surface area contributed by atoms with Crippen LogP contribution in [0.15, 0.2) is 69.1 Å². The van der Waals surface area contributed by atoms with Crippen molar-refractivity contribution in [3.8, 4) is 5.75 Å². The molecule has 30 heavy (non-hydrogen) atoms. The summed E-state index contributed by atoms with van der Waals surface area (Å²) in [6, 6.07) is 12.0. The molecule has 0 saturated heterocycles. The minimum atomic E-state index is -4.43. The number of benzene rings is 2. The Morgan fingerprint density at radius 1 is 0.933 bits per heavy atom. The number of anilines is 2. The summed E-state index contributed by atoms with van der Waals surface area (Å²) in [6.45, 7) is 0. The van der Waals surface area contributed by atoms with Gasteiger partial charge in [0.2, 0.25) is 0 Å². The molecule has 1 heterocycles. The predicted molar refractivity (Wildman–Crippen MR) is 112 cm³/mol. The maximum atomic E-state index is 12.8. The Labute approximate surface area is 176 Å². The van der Waals surface area contributed by atoms with E-state index in [-0.39, 0.29) is 21.3 Å². The average molecular weight is 470 g/mol. The lowest BCUT2D eigenvalue weighted by atomic mass is 10.3. The first-order chi connectivity index (χ1) is 14.1. The van der Waals surface area contributed by atoms with E-state index in [0.717, 1.165) is 23.5 Å². The summed E-state index contributed by atoms with van der Waals surface area (Å²) >= 11 is 0.998. The van der Waals surface area contributed by atoms with Crippen molar-refractivity contribution in [1.82, 2.24) is 0 Å². The van der Waals surface area contributed by atoms with Crippen LogP contribution >= 0.6 is 11.3 Å². The molecule has 0 saturated carbocycles. The molecule has 0 spiro atoms. The second-order valence-electron chi connectivity index (χ2n) is 5.78. The fourth-order valence-corrected chi connectivity index (χ4v) is 5.77. The number of nitrogens with one attached hydrogen (secondary N) is 2. The Bertz CT molecular complexity index is 1290. The van der Waals surface area contributed by atoms with Gasteiger partial charge < -0.3 is 4.74 Å². The molecule has 0 aliphatic rings. The molecule has 1 aromatic heterocycles. The highest BCUT2D eigenvalue weighted by atomic mass is 32.2. The summed E-state index contributed by atoms with van der Waals surface area (Å²) in [5.41, 5.74) is -0.813. The van der Waals surface area contributed by atoms with Crippen molar-refractivity contribution in [3.63, 3.8) is 0 Å². The van der Waals surface area contributed by atoms with Crippen LogP contribution in [0.5, 0.6) is 5.75 Å². The summed E-state index contributed by atoms with van der Waals surface area (Å²) in [5, 5.41) is 12.9. The minimum Gasteiger partial charge on any atom is -0.497 e. The van der Waals surface area contributed by atoms with Crippen LogP contribution in [0, 0.1) is 10.1 Å². The first-order valence-electron chi connectivity index (χ1n) is 8.14. The predicted octanol–water partition coefficient (Wildman–Crippen LogP) is 3.27. The fraction of sp³-hybridized carbons (Fsp3) is 0.0588. The van der Waals surface area contributed by atoms with Crippen LogP contribution in [0.25, 0.3) is 0 Å². The zero-order chi connectivity index (χ0) is 21.9. The van der Waals surface area contributed by atoms with Gasteiger partial charge in [0.25, 0.3) is 25.7 Å². The number of para-hydroxylation sites is 2. The van der Waals surface area contributed by atoms with Gasteiger partial charge in [-0.25, -0.2) is 16.8 Å². The number of hydrogen-bond donors (Lipinski definition) is 2. The van der Waals surface area contributed by atoms with Gasteiger partial charge in [-0.2, -0.15) is 0 Å². The number of methoxy groups -OCH3 is 1. The summed E-state index contributed by atoms with van der Waals surface area (Å²) < 4.78 is 60.1. The lowest BCUT2D eigenvalue weighted by Crippen LogP contribution is -2.18. The third kappa shape index (κ3) is 4.53. The van der Waals surface area contributed by atoms with E-state index in [4.69, 9.17) is 4.74 Å². The number of nitro groups is 1. The minimum absolute atomic E-state index is 0.0364. The van der Waals surface area contributed by atoms with Gasteiger partial charge in [0, 0.05) is 0 Å². The number of rotatable bonds is 8. The Balaban J connectivity index is 1.99. The van der Waals surface area contributed by atoms with Crippen LogP contribution in [-0.2, 0) is 20.0 Å². The van der Waals surface area contributed by atoms with Crippen LogP contribution < -0.4 is 14.2 Å². The maximum absolute atomic E-state index is 12.8. The van der Waals surface area contributed by atoms with Crippen molar-refractivity contribution in [1.29, 1.82) is 0 Å². The quantitative estimate of drug-likeness (QED) is 0.380. The first kappa shape index (κ1) is 21.5. The lowest BCUT2D eigenvalue weighted by Gasteiger charge is -2.14. The van der Waals surface area contributed by atoms with Gasteiger partial charge in [-0.3, -0.25) is 19.6 Å². The highest BCUT2D eigenvalue weighted by Gasteiger charge is 2.28. The highest BCUT2D eigenvalue weighted by Crippen LogP contribution is 2.32. The number of sulfonamides is 2. The Kier molecular flexibility index (Phi) is 5.96. The summed E-state index contributed by atoms with van der Waals surface area (Å²) in [4.78, 5) is 9.90. The van der Waals surface area contributed by atoms with E-state index in [1.807, 2.05) is 0 Å². The monoisotopic (exact) mass is 469 g/mol. The van der Waals surface area contributed by atoms with Crippen LogP contribution in [0.1, 0.15) is 0 Å². The summed E-state index contributed by atoms with van der Waals surface area (Å²) in [7, 11) is -7.07. The molecule has 3 aromatic rings. The number of nitro benzene ring substituents is 1. The van der Waals surface area contributed by atoms with Crippen LogP contribution in [0.3, 0.4) is 0 Å². The third-order valence-corrected chi connectivity index (χ3v) is 8.00. The van der Waals surface area contributed by atoms with E-state index >= 15 is 0 Å². The van der Waals surface area contributed by atoms with Gasteiger partial charge in [0.1, 0.15) is 9.96 Å². The second-order valence-corrected chi connectivity index (χ2v) is 10.3. The summed E-state index contributed by atoms with van der Waals surface area (Å²) in [6.07, 6.45) is 0. The van der Waals surface area contributed by atoms with Crippen LogP contribution in [0.4, 0.5) is 17.1 Å². The average Bonchev–Trinajstić information content (AvgIpc) is 3.24. The van der Waals surface area contributed by atoms with Crippen LogP contribution in [0.2, 0.25) is 0 Å². The van der Waals surface area contributed by atoms with E-state index < -0.39 is 35.6 Å². The molecule has 0 unspecified atom stereocenters. The Morgan fingerprint density at radius 2 is 1.57 bits per heavy atom. The van der Waals surface area contributed by atoms with Crippen molar-refractivity contribution < 1.29 is 26.5 Å². The van der Waals surface area contributed by atoms with Gasteiger partial charge in [-0.05, 0) is 35.7 Å². The van der Waals surface area contributed by atoms with Crippen LogP contribution in [-0.4, -0.2) is 28.9 Å². The molecular weight excluding hydrogens is 454 g/mol. The number of thiophene rings is 1. The van der Waals surface area contributed by atoms with Crippen molar-refractivity contribution in [2.75, 3.05) is 16.6 Å². The number of nitrogens with zero attached hydrogens (tertiary/aromatic N) is 1. The van der Waals surface area contributed by atoms with Gasteiger partial charge >= 0.3 is 0 Å². The molecule has 10 nitrogen and oxygen atoms in total. The molecule has 0 fully saturated rings. The molecule has 3 rings (SSSR count). The van der Waals surface area contributed by atoms with Gasteiger partial charge in [-0.1, -0.05) is 18.2 Å². The van der Waals surface area contributed by atoms with E-state index in [1.54, 1.807) is 11.4 Å².